The Morgan fingerprint density at radius 1 is 1.03 bits per heavy atom. The third-order valence-electron chi connectivity index (χ3n) is 5.29. The number of rotatable bonds is 6. The molecule has 3 aromatic heterocycles. The van der Waals surface area contributed by atoms with Crippen LogP contribution < -0.4 is 5.32 Å². The normalized spacial score (nSPS) is 11.2. The lowest BCUT2D eigenvalue weighted by Gasteiger charge is -2.09. The Kier molecular flexibility index (Phi) is 5.40. The number of pyridine rings is 1. The van der Waals surface area contributed by atoms with Gasteiger partial charge >= 0.3 is 0 Å². The molecule has 0 saturated heterocycles. The summed E-state index contributed by atoms with van der Waals surface area (Å²) in [6.07, 6.45) is 5.09. The zero-order valence-corrected chi connectivity index (χ0v) is 17.9. The highest BCUT2D eigenvalue weighted by Crippen LogP contribution is 2.25. The van der Waals surface area contributed by atoms with E-state index in [2.05, 4.69) is 24.4 Å². The maximum Gasteiger partial charge on any atom is 0.224 e. The van der Waals surface area contributed by atoms with Crippen molar-refractivity contribution in [1.29, 1.82) is 0 Å². The number of anilines is 1. The van der Waals surface area contributed by atoms with Gasteiger partial charge in [0.2, 0.25) is 5.91 Å². The van der Waals surface area contributed by atoms with Crippen LogP contribution in [0.5, 0.6) is 0 Å². The van der Waals surface area contributed by atoms with Crippen molar-refractivity contribution in [1.82, 2.24) is 19.3 Å². The van der Waals surface area contributed by atoms with E-state index in [4.69, 9.17) is 10.1 Å². The summed E-state index contributed by atoms with van der Waals surface area (Å²) in [5.41, 5.74) is 6.12. The highest BCUT2D eigenvalue weighted by atomic mass is 16.1. The van der Waals surface area contributed by atoms with Crippen molar-refractivity contribution < 1.29 is 4.79 Å². The van der Waals surface area contributed by atoms with Gasteiger partial charge in [0.25, 0.3) is 0 Å². The molecule has 1 amide bonds. The maximum atomic E-state index is 12.4. The summed E-state index contributed by atoms with van der Waals surface area (Å²) in [6.45, 7) is 8.78. The van der Waals surface area contributed by atoms with Gasteiger partial charge in [0.15, 0.2) is 11.5 Å². The molecule has 0 spiro atoms. The Morgan fingerprint density at radius 2 is 1.80 bits per heavy atom. The Hall–Kier alpha value is -3.41. The maximum absolute atomic E-state index is 12.4. The number of fused-ring (bicyclic) bond motifs is 1. The first-order chi connectivity index (χ1) is 14.4. The summed E-state index contributed by atoms with van der Waals surface area (Å²) in [7, 11) is 0. The van der Waals surface area contributed by atoms with Crippen LogP contribution in [0.15, 0.2) is 48.8 Å². The molecule has 4 aromatic rings. The van der Waals surface area contributed by atoms with E-state index in [9.17, 15) is 4.79 Å². The Bertz CT molecular complexity index is 1200. The molecule has 0 unspecified atom stereocenters. The molecule has 6 heteroatoms. The molecule has 4 rings (SSSR count). The third kappa shape index (κ3) is 3.99. The van der Waals surface area contributed by atoms with Crippen molar-refractivity contribution in [2.75, 3.05) is 5.32 Å². The number of nitrogens with one attached hydrogen (secondary N) is 1. The van der Waals surface area contributed by atoms with E-state index in [1.807, 2.05) is 66.7 Å². The lowest BCUT2D eigenvalue weighted by molar-refractivity contribution is -0.116. The number of aryl methyl sites for hydroxylation is 5. The number of nitrogens with zero attached hydrogens (tertiary/aromatic N) is 4. The Balaban J connectivity index is 1.51. The topological polar surface area (TPSA) is 64.7 Å². The fourth-order valence-corrected chi connectivity index (χ4v) is 3.86. The molecule has 0 aliphatic rings. The van der Waals surface area contributed by atoms with Crippen LogP contribution in [0.1, 0.15) is 35.2 Å². The second-order valence-electron chi connectivity index (χ2n) is 7.89. The van der Waals surface area contributed by atoms with Gasteiger partial charge in [0.05, 0.1) is 5.39 Å². The van der Waals surface area contributed by atoms with Gasteiger partial charge in [-0.25, -0.2) is 9.67 Å². The molecule has 0 bridgehead atoms. The van der Waals surface area contributed by atoms with E-state index in [1.165, 1.54) is 5.56 Å². The molecule has 1 aromatic carbocycles. The second-order valence-corrected chi connectivity index (χ2v) is 7.89. The number of aromatic nitrogens is 4. The fraction of sp³-hybridized carbons (Fsp3) is 0.292. The van der Waals surface area contributed by atoms with Crippen LogP contribution in [-0.2, 0) is 11.3 Å². The minimum atomic E-state index is 0.0179. The molecule has 1 N–H and O–H groups in total. The quantitative estimate of drug-likeness (QED) is 0.501. The number of hydrogen-bond acceptors (Lipinski definition) is 3. The van der Waals surface area contributed by atoms with Gasteiger partial charge in [-0.1, -0.05) is 17.7 Å². The molecule has 30 heavy (non-hydrogen) atoms. The molecule has 0 fully saturated rings. The first-order valence-corrected chi connectivity index (χ1v) is 10.3. The van der Waals surface area contributed by atoms with Gasteiger partial charge in [-0.15, -0.1) is 0 Å². The zero-order chi connectivity index (χ0) is 21.3. The van der Waals surface area contributed by atoms with E-state index >= 15 is 0 Å². The average molecular weight is 402 g/mol. The van der Waals surface area contributed by atoms with Crippen LogP contribution >= 0.6 is 0 Å². The van der Waals surface area contributed by atoms with Gasteiger partial charge in [-0.2, -0.15) is 5.10 Å². The SMILES string of the molecule is Cc1ccc(NC(=O)CCCn2nc(-n3cccc3)c3c(C)cc(C)nc32)c(C)c1. The predicted molar refractivity (Wildman–Crippen MR) is 120 cm³/mol. The van der Waals surface area contributed by atoms with Gasteiger partial charge in [-0.3, -0.25) is 4.79 Å². The number of carbonyl (C=O) groups excluding carboxylic acids is 1. The van der Waals surface area contributed by atoms with E-state index in [0.717, 1.165) is 39.4 Å². The van der Waals surface area contributed by atoms with Gasteiger partial charge < -0.3 is 9.88 Å². The molecule has 6 nitrogen and oxygen atoms in total. The molecule has 0 aliphatic carbocycles. The van der Waals surface area contributed by atoms with Crippen molar-refractivity contribution in [2.24, 2.45) is 0 Å². The second kappa shape index (κ2) is 8.14. The molecule has 3 heterocycles. The Labute approximate surface area is 176 Å². The molecule has 0 radical (unpaired) electrons. The standard InChI is InChI=1S/C24H27N5O/c1-16-9-10-20(17(2)14-16)26-21(30)8-7-13-29-23-22(18(3)15-19(4)25-23)24(27-29)28-11-5-6-12-28/h5-6,9-12,14-15H,7-8,13H2,1-4H3,(H,26,30). The van der Waals surface area contributed by atoms with Crippen LogP contribution in [0.4, 0.5) is 5.69 Å². The lowest BCUT2D eigenvalue weighted by Crippen LogP contribution is -2.13. The van der Waals surface area contributed by atoms with Crippen molar-refractivity contribution in [3.05, 3.63) is 71.2 Å². The smallest absolute Gasteiger partial charge is 0.224 e. The first kappa shape index (κ1) is 19.9. The molecule has 0 atom stereocenters. The minimum absolute atomic E-state index is 0.0179. The van der Waals surface area contributed by atoms with Gasteiger partial charge in [0.1, 0.15) is 0 Å². The number of carbonyl (C=O) groups is 1. The van der Waals surface area contributed by atoms with Crippen LogP contribution in [-0.4, -0.2) is 25.2 Å². The summed E-state index contributed by atoms with van der Waals surface area (Å²) in [5.74, 6) is 0.893. The van der Waals surface area contributed by atoms with E-state index in [0.29, 0.717) is 19.4 Å². The summed E-state index contributed by atoms with van der Waals surface area (Å²) in [4.78, 5) is 17.2. The summed E-state index contributed by atoms with van der Waals surface area (Å²) < 4.78 is 3.94. The summed E-state index contributed by atoms with van der Waals surface area (Å²) in [6, 6.07) is 12.1. The minimum Gasteiger partial charge on any atom is -0.326 e. The van der Waals surface area contributed by atoms with Crippen LogP contribution in [0.25, 0.3) is 16.9 Å². The summed E-state index contributed by atoms with van der Waals surface area (Å²) in [5, 5.41) is 8.89. The highest BCUT2D eigenvalue weighted by molar-refractivity contribution is 5.91. The largest absolute Gasteiger partial charge is 0.326 e. The zero-order valence-electron chi connectivity index (χ0n) is 17.9. The number of benzene rings is 1. The number of hydrogen-bond donors (Lipinski definition) is 1. The van der Waals surface area contributed by atoms with Crippen molar-refractivity contribution in [3.8, 4) is 5.82 Å². The van der Waals surface area contributed by atoms with Crippen LogP contribution in [0.2, 0.25) is 0 Å². The van der Waals surface area contributed by atoms with E-state index in [1.54, 1.807) is 0 Å². The predicted octanol–water partition coefficient (Wildman–Crippen LogP) is 4.87. The van der Waals surface area contributed by atoms with Gasteiger partial charge in [0, 0.05) is 36.7 Å². The molecule has 0 saturated carbocycles. The molecular formula is C24H27N5O. The van der Waals surface area contributed by atoms with Crippen LogP contribution in [0.3, 0.4) is 0 Å². The lowest BCUT2D eigenvalue weighted by atomic mass is 10.1. The fourth-order valence-electron chi connectivity index (χ4n) is 3.86. The van der Waals surface area contributed by atoms with Crippen LogP contribution in [0, 0.1) is 27.7 Å². The van der Waals surface area contributed by atoms with E-state index < -0.39 is 0 Å². The molecule has 0 aliphatic heterocycles. The average Bonchev–Trinajstić information content (AvgIpc) is 3.32. The third-order valence-corrected chi connectivity index (χ3v) is 5.29. The van der Waals surface area contributed by atoms with Crippen molar-refractivity contribution >= 4 is 22.6 Å². The molecule has 154 valence electrons. The van der Waals surface area contributed by atoms with Crippen molar-refractivity contribution in [2.45, 2.75) is 47.1 Å². The Morgan fingerprint density at radius 3 is 2.53 bits per heavy atom. The highest BCUT2D eigenvalue weighted by Gasteiger charge is 2.16. The monoisotopic (exact) mass is 401 g/mol. The van der Waals surface area contributed by atoms with E-state index in [-0.39, 0.29) is 5.91 Å². The first-order valence-electron chi connectivity index (χ1n) is 10.3. The molecular weight excluding hydrogens is 374 g/mol. The number of amides is 1. The van der Waals surface area contributed by atoms with Crippen molar-refractivity contribution in [3.63, 3.8) is 0 Å². The van der Waals surface area contributed by atoms with Gasteiger partial charge in [-0.05, 0) is 69.5 Å². The summed E-state index contributed by atoms with van der Waals surface area (Å²) >= 11 is 0.